The summed E-state index contributed by atoms with van der Waals surface area (Å²) in [4.78, 5) is 29.5. The molecule has 9 heteroatoms. The second kappa shape index (κ2) is 8.49. The minimum atomic E-state index is 0.262. The number of rotatable bonds is 6. The van der Waals surface area contributed by atoms with E-state index in [-0.39, 0.29) is 6.04 Å². The van der Waals surface area contributed by atoms with Crippen molar-refractivity contribution in [3.8, 4) is 11.4 Å². The molecule has 5 heterocycles. The molecule has 0 radical (unpaired) electrons. The molecule has 5 rings (SSSR count). The van der Waals surface area contributed by atoms with Gasteiger partial charge in [-0.05, 0) is 44.4 Å². The predicted octanol–water partition coefficient (Wildman–Crippen LogP) is 3.26. The Balaban J connectivity index is 1.42. The third-order valence-electron chi connectivity index (χ3n) is 5.96. The van der Waals surface area contributed by atoms with Crippen LogP contribution in [-0.4, -0.2) is 53.6 Å². The van der Waals surface area contributed by atoms with Crippen LogP contribution in [0, 0.1) is 6.92 Å². The fourth-order valence-electron chi connectivity index (χ4n) is 4.20. The highest BCUT2D eigenvalue weighted by Gasteiger charge is 2.25. The Kier molecular flexibility index (Phi) is 5.38. The summed E-state index contributed by atoms with van der Waals surface area (Å²) in [6.45, 7) is 8.70. The quantitative estimate of drug-likeness (QED) is 0.499. The number of pyridine rings is 1. The van der Waals surface area contributed by atoms with Crippen LogP contribution in [0.15, 0.2) is 37.1 Å². The summed E-state index contributed by atoms with van der Waals surface area (Å²) >= 11 is 0. The monoisotopic (exact) mass is 429 g/mol. The lowest BCUT2D eigenvalue weighted by Gasteiger charge is -2.18. The standard InChI is InChI=1S/C23H27N9/c1-4-16-6-8-24-19(10-16)31-9-7-18(13-31)29-21-20-23(28-14-27-21)32(5-2)22(30-20)17-11-25-15(3)26-12-17/h6,8,10-12,14,18H,4-5,7,9,13H2,1-3H3,(H,27,28,29)/t18-/m0/s1. The van der Waals surface area contributed by atoms with Gasteiger partial charge in [-0.1, -0.05) is 6.92 Å². The van der Waals surface area contributed by atoms with Gasteiger partial charge in [-0.3, -0.25) is 0 Å². The van der Waals surface area contributed by atoms with Gasteiger partial charge in [0.15, 0.2) is 17.0 Å². The lowest BCUT2D eigenvalue weighted by atomic mass is 10.2. The Labute approximate surface area is 187 Å². The van der Waals surface area contributed by atoms with Crippen LogP contribution in [0.3, 0.4) is 0 Å². The summed E-state index contributed by atoms with van der Waals surface area (Å²) in [5.41, 5.74) is 3.76. The van der Waals surface area contributed by atoms with E-state index in [1.165, 1.54) is 5.56 Å². The molecule has 1 fully saturated rings. The Bertz CT molecular complexity index is 1230. The largest absolute Gasteiger partial charge is 0.364 e. The van der Waals surface area contributed by atoms with Crippen LogP contribution in [-0.2, 0) is 13.0 Å². The van der Waals surface area contributed by atoms with Crippen LogP contribution in [0.5, 0.6) is 0 Å². The number of fused-ring (bicyclic) bond motifs is 1. The smallest absolute Gasteiger partial charge is 0.165 e. The average Bonchev–Trinajstić information content (AvgIpc) is 3.45. The molecule has 1 saturated heterocycles. The zero-order valence-corrected chi connectivity index (χ0v) is 18.7. The first-order valence-electron chi connectivity index (χ1n) is 11.1. The summed E-state index contributed by atoms with van der Waals surface area (Å²) in [7, 11) is 0. The van der Waals surface area contributed by atoms with Gasteiger partial charge in [0.05, 0.1) is 5.56 Å². The Morgan fingerprint density at radius 3 is 2.72 bits per heavy atom. The molecule has 164 valence electrons. The van der Waals surface area contributed by atoms with E-state index in [1.807, 2.05) is 25.5 Å². The van der Waals surface area contributed by atoms with Crippen molar-refractivity contribution in [2.75, 3.05) is 23.3 Å². The van der Waals surface area contributed by atoms with Gasteiger partial charge in [0, 0.05) is 44.3 Å². The van der Waals surface area contributed by atoms with Crippen LogP contribution in [0.25, 0.3) is 22.6 Å². The zero-order chi connectivity index (χ0) is 22.1. The summed E-state index contributed by atoms with van der Waals surface area (Å²) in [5.74, 6) is 3.34. The van der Waals surface area contributed by atoms with Crippen LogP contribution >= 0.6 is 0 Å². The van der Waals surface area contributed by atoms with Crippen molar-refractivity contribution >= 4 is 22.8 Å². The van der Waals surface area contributed by atoms with E-state index in [0.29, 0.717) is 0 Å². The molecule has 0 aromatic carbocycles. The van der Waals surface area contributed by atoms with Crippen molar-refractivity contribution < 1.29 is 0 Å². The molecule has 0 unspecified atom stereocenters. The van der Waals surface area contributed by atoms with Crippen molar-refractivity contribution in [3.63, 3.8) is 0 Å². The zero-order valence-electron chi connectivity index (χ0n) is 18.7. The van der Waals surface area contributed by atoms with E-state index in [0.717, 1.165) is 72.5 Å². The van der Waals surface area contributed by atoms with Crippen molar-refractivity contribution in [2.45, 2.75) is 46.2 Å². The van der Waals surface area contributed by atoms with Crippen molar-refractivity contribution in [2.24, 2.45) is 0 Å². The van der Waals surface area contributed by atoms with Crippen molar-refractivity contribution in [1.29, 1.82) is 0 Å². The first-order chi connectivity index (χ1) is 15.7. The molecule has 1 aliphatic heterocycles. The number of imidazole rings is 1. The molecule has 0 aliphatic carbocycles. The predicted molar refractivity (Wildman–Crippen MR) is 125 cm³/mol. The van der Waals surface area contributed by atoms with Crippen molar-refractivity contribution in [1.82, 2.24) is 34.5 Å². The van der Waals surface area contributed by atoms with E-state index >= 15 is 0 Å². The van der Waals surface area contributed by atoms with Gasteiger partial charge in [-0.2, -0.15) is 0 Å². The maximum absolute atomic E-state index is 4.89. The lowest BCUT2D eigenvalue weighted by Crippen LogP contribution is -2.27. The molecule has 4 aromatic heterocycles. The SMILES string of the molecule is CCc1ccnc(N2CC[C@H](Nc3ncnc4c3nc(-c3cnc(C)nc3)n4CC)C2)c1. The van der Waals surface area contributed by atoms with Crippen LogP contribution < -0.4 is 10.2 Å². The van der Waals surface area contributed by atoms with E-state index < -0.39 is 0 Å². The van der Waals surface area contributed by atoms with Crippen LogP contribution in [0.2, 0.25) is 0 Å². The number of anilines is 2. The number of hydrogen-bond acceptors (Lipinski definition) is 8. The molecule has 4 aromatic rings. The highest BCUT2D eigenvalue weighted by Crippen LogP contribution is 2.28. The minimum absolute atomic E-state index is 0.262. The molecule has 0 amide bonds. The maximum atomic E-state index is 4.89. The van der Waals surface area contributed by atoms with E-state index in [1.54, 1.807) is 6.33 Å². The first-order valence-corrected chi connectivity index (χ1v) is 11.1. The number of nitrogens with one attached hydrogen (secondary N) is 1. The number of aryl methyl sites for hydroxylation is 3. The first kappa shape index (κ1) is 20.3. The molecular weight excluding hydrogens is 402 g/mol. The second-order valence-electron chi connectivity index (χ2n) is 8.04. The van der Waals surface area contributed by atoms with Gasteiger partial charge < -0.3 is 14.8 Å². The highest BCUT2D eigenvalue weighted by atomic mass is 15.2. The molecular formula is C23H27N9. The van der Waals surface area contributed by atoms with Gasteiger partial charge in [0.2, 0.25) is 0 Å². The third-order valence-corrected chi connectivity index (χ3v) is 5.96. The number of hydrogen-bond donors (Lipinski definition) is 1. The molecule has 1 atom stereocenters. The van der Waals surface area contributed by atoms with Crippen LogP contribution in [0.4, 0.5) is 11.6 Å². The summed E-state index contributed by atoms with van der Waals surface area (Å²) < 4.78 is 2.08. The minimum Gasteiger partial charge on any atom is -0.364 e. The summed E-state index contributed by atoms with van der Waals surface area (Å²) in [6, 6.07) is 4.52. The molecule has 1 N–H and O–H groups in total. The van der Waals surface area contributed by atoms with Gasteiger partial charge in [-0.15, -0.1) is 0 Å². The Hall–Kier alpha value is -3.62. The van der Waals surface area contributed by atoms with Gasteiger partial charge >= 0.3 is 0 Å². The lowest BCUT2D eigenvalue weighted by molar-refractivity contribution is 0.783. The Morgan fingerprint density at radius 1 is 1.09 bits per heavy atom. The van der Waals surface area contributed by atoms with E-state index in [2.05, 4.69) is 65.7 Å². The topological polar surface area (TPSA) is 97.5 Å². The van der Waals surface area contributed by atoms with Gasteiger partial charge in [-0.25, -0.2) is 29.9 Å². The van der Waals surface area contributed by atoms with Gasteiger partial charge in [0.25, 0.3) is 0 Å². The molecule has 0 spiro atoms. The van der Waals surface area contributed by atoms with E-state index in [4.69, 9.17) is 4.98 Å². The summed E-state index contributed by atoms with van der Waals surface area (Å²) in [5, 5.41) is 3.61. The van der Waals surface area contributed by atoms with Gasteiger partial charge in [0.1, 0.15) is 23.8 Å². The van der Waals surface area contributed by atoms with E-state index in [9.17, 15) is 0 Å². The second-order valence-corrected chi connectivity index (χ2v) is 8.04. The molecule has 0 bridgehead atoms. The van der Waals surface area contributed by atoms with Crippen molar-refractivity contribution in [3.05, 3.63) is 48.4 Å². The fraction of sp³-hybridized carbons (Fsp3) is 0.391. The number of nitrogens with zero attached hydrogens (tertiary/aromatic N) is 8. The highest BCUT2D eigenvalue weighted by molar-refractivity contribution is 5.86. The summed E-state index contributed by atoms with van der Waals surface area (Å²) in [6.07, 6.45) is 9.14. The average molecular weight is 430 g/mol. The maximum Gasteiger partial charge on any atom is 0.165 e. The normalized spacial score (nSPS) is 16.1. The Morgan fingerprint density at radius 2 is 1.94 bits per heavy atom. The molecule has 32 heavy (non-hydrogen) atoms. The number of aromatic nitrogens is 7. The molecule has 9 nitrogen and oxygen atoms in total. The fourth-order valence-corrected chi connectivity index (χ4v) is 4.20. The van der Waals surface area contributed by atoms with Crippen LogP contribution in [0.1, 0.15) is 31.7 Å². The third kappa shape index (κ3) is 3.74. The molecule has 1 aliphatic rings. The molecule has 0 saturated carbocycles.